The Bertz CT molecular complexity index is 1350. The van der Waals surface area contributed by atoms with E-state index >= 15 is 0 Å². The lowest BCUT2D eigenvalue weighted by molar-refractivity contribution is 0.220. The molecular weight excluding hydrogens is 482 g/mol. The van der Waals surface area contributed by atoms with Crippen molar-refractivity contribution in [2.45, 2.75) is 50.7 Å². The molecule has 0 amide bonds. The highest BCUT2D eigenvalue weighted by atomic mass is 16.3. The fourth-order valence-corrected chi connectivity index (χ4v) is 5.64. The molecule has 3 N–H and O–H groups in total. The number of anilines is 2. The Hall–Kier alpha value is -3.48. The summed E-state index contributed by atoms with van der Waals surface area (Å²) in [5.41, 5.74) is 4.11. The summed E-state index contributed by atoms with van der Waals surface area (Å²) in [7, 11) is 4.06. The van der Waals surface area contributed by atoms with Crippen molar-refractivity contribution in [1.82, 2.24) is 15.3 Å². The molecule has 0 aliphatic heterocycles. The molecular formula is C33H41N5O. The van der Waals surface area contributed by atoms with Gasteiger partial charge in [0, 0.05) is 32.1 Å². The molecule has 1 saturated carbocycles. The van der Waals surface area contributed by atoms with Gasteiger partial charge in [0.05, 0.1) is 5.52 Å². The van der Waals surface area contributed by atoms with Crippen LogP contribution in [0.15, 0.2) is 78.9 Å². The van der Waals surface area contributed by atoms with Crippen molar-refractivity contribution >= 4 is 22.7 Å². The standard InChI is InChI=1S/C33H41N5O/c1-23(26-12-9-13-27(20-26)31(39)25-10-5-4-6-11-25)21-34-22-24-16-18-28(19-17-24)35-33-36-30-15-8-7-14-29(30)32(37-33)38(2)3/h4-15,20,23-24,28,31,34,39H,16-19,21-22H2,1-3H3,(H,35,36,37)/t23-,24-,28+,31?/m1/s1. The van der Waals surface area contributed by atoms with Crippen molar-refractivity contribution < 1.29 is 5.11 Å². The second-order valence-corrected chi connectivity index (χ2v) is 11.2. The number of nitrogens with one attached hydrogen (secondary N) is 2. The summed E-state index contributed by atoms with van der Waals surface area (Å²) in [5.74, 6) is 2.75. The molecule has 6 nitrogen and oxygen atoms in total. The fourth-order valence-electron chi connectivity index (χ4n) is 5.64. The molecule has 0 spiro atoms. The Kier molecular flexibility index (Phi) is 8.74. The maximum Gasteiger partial charge on any atom is 0.225 e. The van der Waals surface area contributed by atoms with Crippen LogP contribution in [0.4, 0.5) is 11.8 Å². The summed E-state index contributed by atoms with van der Waals surface area (Å²) >= 11 is 0. The number of hydrogen-bond acceptors (Lipinski definition) is 6. The van der Waals surface area contributed by atoms with Crippen LogP contribution in [0.1, 0.15) is 61.3 Å². The van der Waals surface area contributed by atoms with E-state index in [0.717, 1.165) is 59.7 Å². The van der Waals surface area contributed by atoms with E-state index in [1.165, 1.54) is 18.4 Å². The van der Waals surface area contributed by atoms with Crippen molar-refractivity contribution in [3.63, 3.8) is 0 Å². The molecule has 6 heteroatoms. The number of aromatic nitrogens is 2. The third-order valence-electron chi connectivity index (χ3n) is 7.98. The zero-order chi connectivity index (χ0) is 27.2. The highest BCUT2D eigenvalue weighted by molar-refractivity contribution is 5.90. The smallest absolute Gasteiger partial charge is 0.225 e. The molecule has 3 aromatic carbocycles. The third kappa shape index (κ3) is 6.75. The van der Waals surface area contributed by atoms with Crippen molar-refractivity contribution in [1.29, 1.82) is 0 Å². The van der Waals surface area contributed by atoms with Crippen molar-refractivity contribution in [3.05, 3.63) is 95.6 Å². The van der Waals surface area contributed by atoms with E-state index in [1.807, 2.05) is 62.6 Å². The third-order valence-corrected chi connectivity index (χ3v) is 7.98. The van der Waals surface area contributed by atoms with Gasteiger partial charge in [0.25, 0.3) is 0 Å². The molecule has 1 unspecified atom stereocenters. The van der Waals surface area contributed by atoms with Gasteiger partial charge in [0.2, 0.25) is 5.95 Å². The number of aliphatic hydroxyl groups is 1. The van der Waals surface area contributed by atoms with Crippen LogP contribution in [-0.2, 0) is 0 Å². The van der Waals surface area contributed by atoms with Gasteiger partial charge in [-0.25, -0.2) is 4.98 Å². The summed E-state index contributed by atoms with van der Waals surface area (Å²) in [4.78, 5) is 11.7. The van der Waals surface area contributed by atoms with E-state index in [9.17, 15) is 5.11 Å². The maximum atomic E-state index is 10.8. The van der Waals surface area contributed by atoms with Crippen molar-refractivity contribution in [2.75, 3.05) is 37.4 Å². The number of aliphatic hydroxyl groups excluding tert-OH is 1. The van der Waals surface area contributed by atoms with Crippen LogP contribution in [0.2, 0.25) is 0 Å². The lowest BCUT2D eigenvalue weighted by Crippen LogP contribution is -2.33. The number of para-hydroxylation sites is 1. The second-order valence-electron chi connectivity index (χ2n) is 11.2. The van der Waals surface area contributed by atoms with E-state index in [-0.39, 0.29) is 0 Å². The minimum atomic E-state index is -0.593. The van der Waals surface area contributed by atoms with Gasteiger partial charge in [-0.05, 0) is 72.9 Å². The average Bonchev–Trinajstić information content (AvgIpc) is 2.97. The first-order valence-corrected chi connectivity index (χ1v) is 14.2. The van der Waals surface area contributed by atoms with Gasteiger partial charge in [-0.1, -0.05) is 73.7 Å². The molecule has 1 heterocycles. The summed E-state index contributed by atoms with van der Waals surface area (Å²) < 4.78 is 0. The molecule has 0 saturated heterocycles. The van der Waals surface area contributed by atoms with Crippen LogP contribution in [0.25, 0.3) is 10.9 Å². The average molecular weight is 524 g/mol. The molecule has 1 aromatic heterocycles. The number of benzene rings is 3. The van der Waals surface area contributed by atoms with Gasteiger partial charge in [-0.2, -0.15) is 4.98 Å². The topological polar surface area (TPSA) is 73.3 Å². The summed E-state index contributed by atoms with van der Waals surface area (Å²) in [6.45, 7) is 4.23. The van der Waals surface area contributed by atoms with Gasteiger partial charge >= 0.3 is 0 Å². The zero-order valence-electron chi connectivity index (χ0n) is 23.3. The van der Waals surface area contributed by atoms with Gasteiger partial charge in [0.1, 0.15) is 11.9 Å². The highest BCUT2D eigenvalue weighted by Gasteiger charge is 2.22. The van der Waals surface area contributed by atoms with Crippen LogP contribution in [0, 0.1) is 5.92 Å². The Morgan fingerprint density at radius 2 is 1.54 bits per heavy atom. The molecule has 0 bridgehead atoms. The molecule has 204 valence electrons. The van der Waals surface area contributed by atoms with Gasteiger partial charge in [0.15, 0.2) is 0 Å². The lowest BCUT2D eigenvalue weighted by Gasteiger charge is -2.30. The quantitative estimate of drug-likeness (QED) is 0.232. The summed E-state index contributed by atoms with van der Waals surface area (Å²) in [6.07, 6.45) is 4.08. The summed E-state index contributed by atoms with van der Waals surface area (Å²) in [5, 5.41) is 19.2. The predicted octanol–water partition coefficient (Wildman–Crippen LogP) is 6.14. The molecule has 2 atom stereocenters. The SMILES string of the molecule is C[C@H](CNC[C@H]1CC[C@@H](Nc2nc(N(C)C)c3ccccc3n2)CC1)c1cccc(C(O)c2ccccc2)c1. The van der Waals surface area contributed by atoms with E-state index in [0.29, 0.717) is 17.9 Å². The van der Waals surface area contributed by atoms with Gasteiger partial charge in [-0.15, -0.1) is 0 Å². The molecule has 4 aromatic rings. The maximum absolute atomic E-state index is 10.8. The van der Waals surface area contributed by atoms with Gasteiger partial charge in [-0.3, -0.25) is 0 Å². The highest BCUT2D eigenvalue weighted by Crippen LogP contribution is 2.29. The van der Waals surface area contributed by atoms with Crippen molar-refractivity contribution in [2.24, 2.45) is 5.92 Å². The van der Waals surface area contributed by atoms with E-state index < -0.39 is 6.10 Å². The van der Waals surface area contributed by atoms with E-state index in [2.05, 4.69) is 52.8 Å². The van der Waals surface area contributed by atoms with Crippen molar-refractivity contribution in [3.8, 4) is 0 Å². The Balaban J connectivity index is 1.09. The molecule has 1 fully saturated rings. The number of fused-ring (bicyclic) bond motifs is 1. The Morgan fingerprint density at radius 1 is 0.846 bits per heavy atom. The zero-order valence-corrected chi connectivity index (χ0v) is 23.3. The number of nitrogens with zero attached hydrogens (tertiary/aromatic N) is 3. The number of rotatable bonds is 10. The lowest BCUT2D eigenvalue weighted by atomic mass is 9.86. The van der Waals surface area contributed by atoms with E-state index in [1.54, 1.807) is 0 Å². The fraction of sp³-hybridized carbons (Fsp3) is 0.394. The van der Waals surface area contributed by atoms with Crippen LogP contribution in [-0.4, -0.2) is 48.3 Å². The molecule has 1 aliphatic carbocycles. The van der Waals surface area contributed by atoms with Crippen LogP contribution in [0.3, 0.4) is 0 Å². The monoisotopic (exact) mass is 523 g/mol. The molecule has 5 rings (SSSR count). The van der Waals surface area contributed by atoms with Crippen LogP contribution in [0.5, 0.6) is 0 Å². The first kappa shape index (κ1) is 27.1. The largest absolute Gasteiger partial charge is 0.384 e. The summed E-state index contributed by atoms with van der Waals surface area (Å²) in [6, 6.07) is 26.9. The second kappa shape index (κ2) is 12.6. The Labute approximate surface area is 232 Å². The first-order chi connectivity index (χ1) is 19.0. The molecule has 0 radical (unpaired) electrons. The molecule has 39 heavy (non-hydrogen) atoms. The van der Waals surface area contributed by atoms with E-state index in [4.69, 9.17) is 9.97 Å². The number of hydrogen-bond donors (Lipinski definition) is 3. The van der Waals surface area contributed by atoms with Gasteiger partial charge < -0.3 is 20.6 Å². The minimum Gasteiger partial charge on any atom is -0.384 e. The van der Waals surface area contributed by atoms with Crippen LogP contribution < -0.4 is 15.5 Å². The normalized spacial score (nSPS) is 19.0. The Morgan fingerprint density at radius 3 is 2.31 bits per heavy atom. The minimum absolute atomic E-state index is 0.377. The first-order valence-electron chi connectivity index (χ1n) is 14.2. The predicted molar refractivity (Wildman–Crippen MR) is 161 cm³/mol. The van der Waals surface area contributed by atoms with Crippen LogP contribution >= 0.6 is 0 Å². The molecule has 1 aliphatic rings.